The second kappa shape index (κ2) is 14.3. The molecule has 7 nitrogen and oxygen atoms in total. The molecule has 3 aliphatic rings. The first-order valence-electron chi connectivity index (χ1n) is 19.6. The van der Waals surface area contributed by atoms with Crippen LogP contribution in [-0.4, -0.2) is 30.9 Å². The predicted octanol–water partition coefficient (Wildman–Crippen LogP) is 10.1. The van der Waals surface area contributed by atoms with Crippen LogP contribution in [0.25, 0.3) is 27.6 Å². The number of ether oxygens (including phenoxy) is 1. The number of urea groups is 1. The van der Waals surface area contributed by atoms with Gasteiger partial charge in [0.15, 0.2) is 0 Å². The monoisotopic (exact) mass is 745 g/mol. The van der Waals surface area contributed by atoms with Gasteiger partial charge < -0.3 is 9.64 Å². The van der Waals surface area contributed by atoms with Crippen LogP contribution in [0.3, 0.4) is 0 Å². The molecule has 0 saturated carbocycles. The van der Waals surface area contributed by atoms with Crippen molar-refractivity contribution in [2.24, 2.45) is 0 Å². The van der Waals surface area contributed by atoms with Crippen molar-refractivity contribution in [2.75, 3.05) is 22.9 Å². The number of carbonyl (C=O) groups is 3. The van der Waals surface area contributed by atoms with Crippen molar-refractivity contribution in [3.05, 3.63) is 191 Å². The fourth-order valence-corrected chi connectivity index (χ4v) is 9.13. The summed E-state index contributed by atoms with van der Waals surface area (Å²) in [6.07, 6.45) is 3.40. The van der Waals surface area contributed by atoms with E-state index in [9.17, 15) is 14.4 Å². The average Bonchev–Trinajstić information content (AvgIpc) is 3.25. The Bertz CT molecular complexity index is 2680. The second-order valence-corrected chi connectivity index (χ2v) is 15.0. The summed E-state index contributed by atoms with van der Waals surface area (Å²) < 4.78 is 6.53. The molecule has 278 valence electrons. The number of rotatable bonds is 7. The number of fused-ring (bicyclic) bond motifs is 2. The Morgan fingerprint density at radius 3 is 1.88 bits per heavy atom. The van der Waals surface area contributed by atoms with E-state index in [1.807, 2.05) is 84.9 Å². The van der Waals surface area contributed by atoms with E-state index in [-0.39, 0.29) is 24.0 Å². The zero-order valence-electron chi connectivity index (χ0n) is 31.2. The Morgan fingerprint density at radius 2 is 1.21 bits per heavy atom. The van der Waals surface area contributed by atoms with Crippen LogP contribution in [0.4, 0.5) is 16.2 Å². The quantitative estimate of drug-likeness (QED) is 0.130. The summed E-state index contributed by atoms with van der Waals surface area (Å²) in [4.78, 5) is 46.1. The zero-order valence-corrected chi connectivity index (χ0v) is 31.2. The summed E-state index contributed by atoms with van der Waals surface area (Å²) in [5.74, 6) is -0.762. The summed E-state index contributed by atoms with van der Waals surface area (Å²) in [5, 5.41) is 6.46. The Hall–Kier alpha value is -6.99. The molecule has 2 atom stereocenters. The summed E-state index contributed by atoms with van der Waals surface area (Å²) >= 11 is 0. The Kier molecular flexibility index (Phi) is 8.63. The number of hydrogen-bond donors (Lipinski definition) is 1. The van der Waals surface area contributed by atoms with Gasteiger partial charge in [-0.1, -0.05) is 133 Å². The molecule has 7 aromatic rings. The maximum Gasteiger partial charge on any atom is 0.335 e. The maximum absolute atomic E-state index is 14.8. The van der Waals surface area contributed by atoms with E-state index in [4.69, 9.17) is 4.74 Å². The molecule has 10 rings (SSSR count). The summed E-state index contributed by atoms with van der Waals surface area (Å²) in [7, 11) is 0. The lowest BCUT2D eigenvalue weighted by atomic mass is 9.76. The van der Waals surface area contributed by atoms with Crippen LogP contribution in [0, 0.1) is 0 Å². The largest absolute Gasteiger partial charge is 0.488 e. The molecule has 7 heteroatoms. The van der Waals surface area contributed by atoms with E-state index in [2.05, 4.69) is 76.9 Å². The standard InChI is InChI=1S/C50H39N3O4/c54-48-45(30-42-39-21-10-8-17-35(39)22-23-46(42)57-31-36-19-11-18-32-16-7-9-20-38(32)36)49(55)53(50(56)51-48)37-28-43-40(33-12-3-1-4-13-33)24-26-52-27-25-41(44(29-37)47(43)52)34-14-5-2-6-15-34/h1-23,28-30,40-41H,24-27,31H2,(H,51,54,56)/b45-30+/t40-,41+. The molecule has 1 fully saturated rings. The molecule has 0 radical (unpaired) electrons. The highest BCUT2D eigenvalue weighted by Gasteiger charge is 2.41. The molecular formula is C50H39N3O4. The van der Waals surface area contributed by atoms with Crippen LogP contribution >= 0.6 is 0 Å². The summed E-state index contributed by atoms with van der Waals surface area (Å²) in [6, 6.07) is 50.1. The first-order chi connectivity index (χ1) is 28.0. The van der Waals surface area contributed by atoms with Gasteiger partial charge >= 0.3 is 6.03 Å². The van der Waals surface area contributed by atoms with E-state index >= 15 is 0 Å². The molecule has 57 heavy (non-hydrogen) atoms. The Labute approximate surface area is 330 Å². The lowest BCUT2D eigenvalue weighted by molar-refractivity contribution is -0.122. The van der Waals surface area contributed by atoms with Gasteiger partial charge in [-0.25, -0.2) is 9.69 Å². The average molecular weight is 746 g/mol. The van der Waals surface area contributed by atoms with Gasteiger partial charge in [-0.2, -0.15) is 0 Å². The van der Waals surface area contributed by atoms with Crippen molar-refractivity contribution < 1.29 is 19.1 Å². The van der Waals surface area contributed by atoms with Gasteiger partial charge in [0, 0.05) is 36.2 Å². The zero-order chi connectivity index (χ0) is 38.5. The molecular weight excluding hydrogens is 707 g/mol. The molecule has 0 unspecified atom stereocenters. The first kappa shape index (κ1) is 34.5. The Balaban J connectivity index is 1.09. The fourth-order valence-electron chi connectivity index (χ4n) is 9.13. The number of carbonyl (C=O) groups excluding carboxylic acids is 3. The maximum atomic E-state index is 14.8. The third-order valence-corrected chi connectivity index (χ3v) is 11.8. The van der Waals surface area contributed by atoms with E-state index in [0.717, 1.165) is 69.1 Å². The number of hydrogen-bond acceptors (Lipinski definition) is 5. The number of anilines is 2. The molecule has 3 aliphatic heterocycles. The second-order valence-electron chi connectivity index (χ2n) is 15.0. The molecule has 3 heterocycles. The lowest BCUT2D eigenvalue weighted by Crippen LogP contribution is -2.54. The van der Waals surface area contributed by atoms with Gasteiger partial charge in [-0.05, 0) is 86.5 Å². The lowest BCUT2D eigenvalue weighted by Gasteiger charge is -2.44. The minimum Gasteiger partial charge on any atom is -0.488 e. The molecule has 0 spiro atoms. The van der Waals surface area contributed by atoms with Crippen molar-refractivity contribution in [3.8, 4) is 5.75 Å². The number of benzene rings is 7. The van der Waals surface area contributed by atoms with Crippen LogP contribution in [0.2, 0.25) is 0 Å². The molecule has 1 N–H and O–H groups in total. The third kappa shape index (κ3) is 6.12. The molecule has 7 aromatic carbocycles. The normalized spacial score (nSPS) is 18.5. The van der Waals surface area contributed by atoms with Crippen LogP contribution in [0.1, 0.15) is 58.1 Å². The molecule has 0 bridgehead atoms. The van der Waals surface area contributed by atoms with Gasteiger partial charge in [0.25, 0.3) is 11.8 Å². The van der Waals surface area contributed by atoms with Gasteiger partial charge in [0.1, 0.15) is 17.9 Å². The topological polar surface area (TPSA) is 79.0 Å². The molecule has 0 aromatic heterocycles. The SMILES string of the molecule is O=C1NC(=O)N(c2cc3c4c(c2)[C@H](c2ccccc2)CCN4CC[C@@H]3c2ccccc2)C(=O)/C1=C/c1c(OCc2cccc3ccccc23)ccc2ccccc12. The number of imide groups is 2. The van der Waals surface area contributed by atoms with Gasteiger partial charge in [0.2, 0.25) is 0 Å². The smallest absolute Gasteiger partial charge is 0.335 e. The highest BCUT2D eigenvalue weighted by molar-refractivity contribution is 6.39. The van der Waals surface area contributed by atoms with Gasteiger partial charge in [-0.3, -0.25) is 14.9 Å². The van der Waals surface area contributed by atoms with Crippen LogP contribution < -0.4 is 19.9 Å². The molecule has 1 saturated heterocycles. The Morgan fingerprint density at radius 1 is 0.632 bits per heavy atom. The highest BCUT2D eigenvalue weighted by atomic mass is 16.5. The summed E-state index contributed by atoms with van der Waals surface area (Å²) in [6.45, 7) is 2.11. The van der Waals surface area contributed by atoms with Crippen molar-refractivity contribution in [2.45, 2.75) is 31.3 Å². The van der Waals surface area contributed by atoms with Crippen molar-refractivity contribution in [3.63, 3.8) is 0 Å². The number of amides is 4. The third-order valence-electron chi connectivity index (χ3n) is 11.8. The minimum absolute atomic E-state index is 0.0717. The van der Waals surface area contributed by atoms with Crippen LogP contribution in [-0.2, 0) is 16.2 Å². The number of barbiturate groups is 1. The van der Waals surface area contributed by atoms with E-state index in [1.54, 1.807) is 6.08 Å². The molecule has 0 aliphatic carbocycles. The van der Waals surface area contributed by atoms with Crippen molar-refractivity contribution >= 4 is 56.8 Å². The summed E-state index contributed by atoms with van der Waals surface area (Å²) in [5.41, 5.74) is 7.63. The highest BCUT2D eigenvalue weighted by Crippen LogP contribution is 2.50. The van der Waals surface area contributed by atoms with E-state index < -0.39 is 17.8 Å². The van der Waals surface area contributed by atoms with Gasteiger partial charge in [0.05, 0.1) is 5.69 Å². The van der Waals surface area contributed by atoms with Crippen LogP contribution in [0.5, 0.6) is 5.75 Å². The molecule has 4 amide bonds. The van der Waals surface area contributed by atoms with Crippen LogP contribution in [0.15, 0.2) is 157 Å². The minimum atomic E-state index is -0.768. The van der Waals surface area contributed by atoms with E-state index in [1.165, 1.54) is 16.8 Å². The fraction of sp³-hybridized carbons (Fsp3) is 0.140. The number of nitrogens with zero attached hydrogens (tertiary/aromatic N) is 2. The number of nitrogens with one attached hydrogen (secondary N) is 1. The first-order valence-corrected chi connectivity index (χ1v) is 19.6. The van der Waals surface area contributed by atoms with Crippen molar-refractivity contribution in [1.29, 1.82) is 0 Å². The predicted molar refractivity (Wildman–Crippen MR) is 226 cm³/mol. The van der Waals surface area contributed by atoms with Crippen molar-refractivity contribution in [1.82, 2.24) is 5.32 Å². The van der Waals surface area contributed by atoms with Gasteiger partial charge in [-0.15, -0.1) is 0 Å². The van der Waals surface area contributed by atoms with E-state index in [0.29, 0.717) is 17.0 Å².